The number of amides is 1. The van der Waals surface area contributed by atoms with Crippen LogP contribution in [0, 0.1) is 5.92 Å². The second kappa shape index (κ2) is 10.6. The van der Waals surface area contributed by atoms with Crippen molar-refractivity contribution in [2.75, 3.05) is 6.61 Å². The number of pyridine rings is 1. The van der Waals surface area contributed by atoms with Crippen molar-refractivity contribution in [2.24, 2.45) is 5.92 Å². The molecule has 166 valence electrons. The van der Waals surface area contributed by atoms with Gasteiger partial charge in [0.25, 0.3) is 5.19 Å². The number of rotatable bonds is 10. The first kappa shape index (κ1) is 22.3. The van der Waals surface area contributed by atoms with Crippen molar-refractivity contribution in [3.63, 3.8) is 0 Å². The highest BCUT2D eigenvalue weighted by molar-refractivity contribution is 7.14. The third-order valence-electron chi connectivity index (χ3n) is 4.84. The van der Waals surface area contributed by atoms with Crippen molar-refractivity contribution in [3.05, 3.63) is 70.5 Å². The van der Waals surface area contributed by atoms with E-state index in [9.17, 15) is 4.79 Å². The van der Waals surface area contributed by atoms with Crippen LogP contribution in [0.15, 0.2) is 55.0 Å². The fourth-order valence-electron chi connectivity index (χ4n) is 2.92. The molecule has 0 radical (unpaired) electrons. The van der Waals surface area contributed by atoms with E-state index in [4.69, 9.17) is 21.1 Å². The van der Waals surface area contributed by atoms with Gasteiger partial charge < -0.3 is 14.8 Å². The Balaban J connectivity index is 1.27. The van der Waals surface area contributed by atoms with E-state index in [0.29, 0.717) is 28.3 Å². The Kier molecular flexibility index (Phi) is 7.39. The van der Waals surface area contributed by atoms with Gasteiger partial charge >= 0.3 is 0 Å². The van der Waals surface area contributed by atoms with E-state index in [1.807, 2.05) is 37.3 Å². The summed E-state index contributed by atoms with van der Waals surface area (Å²) in [6.07, 6.45) is 11.7. The Morgan fingerprint density at radius 3 is 2.88 bits per heavy atom. The quantitative estimate of drug-likeness (QED) is 0.422. The Bertz CT molecular complexity index is 1080. The van der Waals surface area contributed by atoms with Crippen molar-refractivity contribution in [1.29, 1.82) is 0 Å². The van der Waals surface area contributed by atoms with Crippen LogP contribution in [0.1, 0.15) is 30.2 Å². The van der Waals surface area contributed by atoms with Crippen molar-refractivity contribution in [3.8, 4) is 16.7 Å². The van der Waals surface area contributed by atoms with Crippen LogP contribution in [-0.2, 0) is 11.2 Å². The molecule has 0 bridgehead atoms. The third kappa shape index (κ3) is 6.80. The van der Waals surface area contributed by atoms with Crippen LogP contribution in [-0.4, -0.2) is 28.5 Å². The van der Waals surface area contributed by atoms with Crippen LogP contribution in [0.5, 0.6) is 16.7 Å². The minimum absolute atomic E-state index is 0.0409. The molecular formula is C24H24ClN3O3S. The van der Waals surface area contributed by atoms with Crippen LogP contribution >= 0.6 is 22.9 Å². The van der Waals surface area contributed by atoms with Gasteiger partial charge in [-0.1, -0.05) is 29.0 Å². The summed E-state index contributed by atoms with van der Waals surface area (Å²) in [5.41, 5.74) is 0.930. The van der Waals surface area contributed by atoms with Gasteiger partial charge in [0, 0.05) is 30.7 Å². The maximum absolute atomic E-state index is 12.2. The van der Waals surface area contributed by atoms with Gasteiger partial charge in [0.1, 0.15) is 11.5 Å². The van der Waals surface area contributed by atoms with E-state index in [1.165, 1.54) is 24.2 Å². The summed E-state index contributed by atoms with van der Waals surface area (Å²) in [6, 6.07) is 8.97. The smallest absolute Gasteiger partial charge is 0.279 e. The Morgan fingerprint density at radius 2 is 2.12 bits per heavy atom. The first-order valence-corrected chi connectivity index (χ1v) is 11.7. The highest BCUT2D eigenvalue weighted by atomic mass is 35.5. The summed E-state index contributed by atoms with van der Waals surface area (Å²) >= 11 is 7.74. The number of nitrogens with one attached hydrogen (secondary N) is 1. The van der Waals surface area contributed by atoms with Crippen LogP contribution in [0.25, 0.3) is 6.08 Å². The van der Waals surface area contributed by atoms with Gasteiger partial charge in [0.15, 0.2) is 0 Å². The molecule has 6 nitrogen and oxygen atoms in total. The topological polar surface area (TPSA) is 73.3 Å². The van der Waals surface area contributed by atoms with Gasteiger partial charge in [0.2, 0.25) is 5.91 Å². The second-order valence-electron chi connectivity index (χ2n) is 7.72. The minimum Gasteiger partial charge on any atom is -0.493 e. The molecule has 1 amide bonds. The lowest BCUT2D eigenvalue weighted by Gasteiger charge is -2.09. The fraction of sp³-hybridized carbons (Fsp3) is 0.292. The second-order valence-corrected chi connectivity index (χ2v) is 9.16. The predicted octanol–water partition coefficient (Wildman–Crippen LogP) is 5.53. The molecule has 1 fully saturated rings. The maximum atomic E-state index is 12.2. The normalized spacial score (nSPS) is 14.3. The number of aromatic nitrogens is 2. The van der Waals surface area contributed by atoms with Gasteiger partial charge in [-0.05, 0) is 61.6 Å². The predicted molar refractivity (Wildman–Crippen MR) is 126 cm³/mol. The van der Waals surface area contributed by atoms with Gasteiger partial charge in [0.05, 0.1) is 22.9 Å². The summed E-state index contributed by atoms with van der Waals surface area (Å²) in [6.45, 7) is 2.66. The van der Waals surface area contributed by atoms with Gasteiger partial charge in [-0.15, -0.1) is 0 Å². The monoisotopic (exact) mass is 469 g/mol. The number of carbonyl (C=O) groups excluding carboxylic acids is 1. The summed E-state index contributed by atoms with van der Waals surface area (Å²) in [7, 11) is 0. The van der Waals surface area contributed by atoms with E-state index < -0.39 is 0 Å². The van der Waals surface area contributed by atoms with Gasteiger partial charge in [-0.2, -0.15) is 0 Å². The summed E-state index contributed by atoms with van der Waals surface area (Å²) < 4.78 is 11.6. The van der Waals surface area contributed by atoms with Gasteiger partial charge in [-0.25, -0.2) is 4.98 Å². The number of thiazole rings is 1. The zero-order valence-corrected chi connectivity index (χ0v) is 19.2. The molecular weight excluding hydrogens is 446 g/mol. The molecule has 4 rings (SSSR count). The molecule has 1 aliphatic rings. The Labute approximate surface area is 196 Å². The zero-order valence-electron chi connectivity index (χ0n) is 17.7. The van der Waals surface area contributed by atoms with Crippen LogP contribution in [0.2, 0.25) is 5.02 Å². The van der Waals surface area contributed by atoms with Crippen molar-refractivity contribution in [2.45, 2.75) is 32.2 Å². The largest absolute Gasteiger partial charge is 0.493 e. The first-order valence-electron chi connectivity index (χ1n) is 10.5. The average molecular weight is 470 g/mol. The summed E-state index contributed by atoms with van der Waals surface area (Å²) in [4.78, 5) is 21.3. The van der Waals surface area contributed by atoms with Crippen molar-refractivity contribution in [1.82, 2.24) is 15.3 Å². The number of halogens is 1. The minimum atomic E-state index is -0.117. The van der Waals surface area contributed by atoms with E-state index in [0.717, 1.165) is 22.8 Å². The van der Waals surface area contributed by atoms with Crippen LogP contribution in [0.4, 0.5) is 0 Å². The molecule has 0 unspecified atom stereocenters. The van der Waals surface area contributed by atoms with Crippen LogP contribution in [0.3, 0.4) is 0 Å². The average Bonchev–Trinajstić information content (AvgIpc) is 3.50. The number of nitrogens with zero attached hydrogens (tertiary/aromatic N) is 2. The lowest BCUT2D eigenvalue weighted by atomic mass is 10.2. The molecule has 0 saturated heterocycles. The number of hydrogen-bond acceptors (Lipinski definition) is 6. The zero-order chi connectivity index (χ0) is 22.3. The summed E-state index contributed by atoms with van der Waals surface area (Å²) in [5.74, 6) is 1.92. The van der Waals surface area contributed by atoms with Crippen LogP contribution < -0.4 is 14.8 Å². The van der Waals surface area contributed by atoms with Crippen molar-refractivity contribution < 1.29 is 14.3 Å². The Morgan fingerprint density at radius 1 is 1.31 bits per heavy atom. The van der Waals surface area contributed by atoms with E-state index in [2.05, 4.69) is 15.3 Å². The molecule has 1 N–H and O–H groups in total. The molecule has 3 aromatic rings. The molecule has 1 atom stereocenters. The first-order chi connectivity index (χ1) is 15.5. The fourth-order valence-corrected chi connectivity index (χ4v) is 3.82. The highest BCUT2D eigenvalue weighted by Crippen LogP contribution is 2.35. The molecule has 1 saturated carbocycles. The molecule has 32 heavy (non-hydrogen) atoms. The lowest BCUT2D eigenvalue weighted by Crippen LogP contribution is -2.32. The Hall–Kier alpha value is -2.90. The lowest BCUT2D eigenvalue weighted by molar-refractivity contribution is -0.120. The SMILES string of the molecule is C[C@@H](/C=C/c1cnc(Oc2ccc(OCC3CC3)cc2Cl)s1)NC(=O)Cc1ccncc1. The number of benzene rings is 1. The number of hydrogen-bond donors (Lipinski definition) is 1. The molecule has 1 aliphatic carbocycles. The molecule has 1 aromatic carbocycles. The van der Waals surface area contributed by atoms with Crippen molar-refractivity contribution >= 4 is 34.9 Å². The summed E-state index contributed by atoms with van der Waals surface area (Å²) in [5, 5.41) is 3.93. The molecule has 0 spiro atoms. The number of carbonyl (C=O) groups is 1. The van der Waals surface area contributed by atoms with Gasteiger partial charge in [-0.3, -0.25) is 9.78 Å². The maximum Gasteiger partial charge on any atom is 0.279 e. The van der Waals surface area contributed by atoms with E-state index >= 15 is 0 Å². The highest BCUT2D eigenvalue weighted by Gasteiger charge is 2.22. The molecule has 8 heteroatoms. The molecule has 0 aliphatic heterocycles. The number of ether oxygens (including phenoxy) is 2. The van der Waals surface area contributed by atoms with E-state index in [1.54, 1.807) is 30.7 Å². The third-order valence-corrected chi connectivity index (χ3v) is 5.97. The standard InChI is InChI=1S/C24H24ClN3O3S/c1-16(28-23(29)12-17-8-10-26-11-9-17)2-6-20-14-27-24(32-20)31-22-7-5-19(13-21(22)25)30-15-18-3-4-18/h2,5-11,13-14,16,18H,3-4,12,15H2,1H3,(H,28,29)/b6-2+/t16-/m0/s1. The molecule has 2 aromatic heterocycles. The molecule has 2 heterocycles. The van der Waals surface area contributed by atoms with E-state index in [-0.39, 0.29) is 11.9 Å².